The van der Waals surface area contributed by atoms with Crippen LogP contribution >= 0.6 is 0 Å². The van der Waals surface area contributed by atoms with Crippen molar-refractivity contribution in [3.8, 4) is 0 Å². The van der Waals surface area contributed by atoms with E-state index in [9.17, 15) is 19.2 Å². The summed E-state index contributed by atoms with van der Waals surface area (Å²) in [6.45, 7) is 14.9. The normalized spacial score (nSPS) is 19.1. The van der Waals surface area contributed by atoms with Crippen molar-refractivity contribution in [2.75, 3.05) is 48.5 Å². The number of carbonyl (C=O) groups is 4. The third-order valence-corrected chi connectivity index (χ3v) is 10.5. The minimum atomic E-state index is -0.737. The number of hydrogen-bond donors (Lipinski definition) is 2. The summed E-state index contributed by atoms with van der Waals surface area (Å²) < 4.78 is 11.9. The van der Waals surface area contributed by atoms with Crippen molar-refractivity contribution in [1.29, 1.82) is 0 Å². The Morgan fingerprint density at radius 1 is 0.920 bits per heavy atom. The highest BCUT2D eigenvalue weighted by molar-refractivity contribution is 5.90. The van der Waals surface area contributed by atoms with Gasteiger partial charge in [-0.25, -0.2) is 0 Å². The van der Waals surface area contributed by atoms with E-state index in [4.69, 9.17) is 9.47 Å². The number of benzene rings is 1. The van der Waals surface area contributed by atoms with Crippen molar-refractivity contribution in [3.63, 3.8) is 0 Å². The highest BCUT2D eigenvalue weighted by atomic mass is 16.5. The van der Waals surface area contributed by atoms with Gasteiger partial charge in [0, 0.05) is 34.4 Å². The van der Waals surface area contributed by atoms with Crippen LogP contribution in [0.4, 0.5) is 0 Å². The number of carbonyl (C=O) groups excluding carboxylic acids is 4. The first kappa shape index (κ1) is 43.1. The van der Waals surface area contributed by atoms with Crippen LogP contribution < -0.4 is 10.6 Å². The number of methoxy groups -OCH3 is 2. The molecule has 1 aromatic carbocycles. The van der Waals surface area contributed by atoms with E-state index in [2.05, 4.69) is 24.5 Å². The Morgan fingerprint density at radius 3 is 2.08 bits per heavy atom. The molecule has 1 aliphatic rings. The van der Waals surface area contributed by atoms with Gasteiger partial charge >= 0.3 is 0 Å². The molecular formula is C39H67N5O6. The maximum atomic E-state index is 14.2. The van der Waals surface area contributed by atoms with Crippen molar-refractivity contribution in [2.45, 2.75) is 117 Å². The summed E-state index contributed by atoms with van der Waals surface area (Å²) in [5.41, 5.74) is 1.15. The molecular weight excluding hydrogens is 634 g/mol. The molecule has 1 saturated heterocycles. The first-order chi connectivity index (χ1) is 23.6. The van der Waals surface area contributed by atoms with Gasteiger partial charge in [0.25, 0.3) is 0 Å². The predicted octanol–water partition coefficient (Wildman–Crippen LogP) is 3.99. The quantitative estimate of drug-likeness (QED) is 0.211. The van der Waals surface area contributed by atoms with Crippen LogP contribution in [-0.4, -0.2) is 123 Å². The maximum absolute atomic E-state index is 14.2. The van der Waals surface area contributed by atoms with Gasteiger partial charge in [-0.15, -0.1) is 0 Å². The largest absolute Gasteiger partial charge is 0.379 e. The highest BCUT2D eigenvalue weighted by Gasteiger charge is 2.43. The number of nitrogens with one attached hydrogen (secondary N) is 2. The summed E-state index contributed by atoms with van der Waals surface area (Å²) in [4.78, 5) is 60.3. The van der Waals surface area contributed by atoms with Gasteiger partial charge in [0.15, 0.2) is 0 Å². The van der Waals surface area contributed by atoms with Crippen LogP contribution in [0.1, 0.15) is 79.7 Å². The molecule has 0 bridgehead atoms. The molecule has 1 fully saturated rings. The third-order valence-electron chi connectivity index (χ3n) is 10.5. The molecule has 50 heavy (non-hydrogen) atoms. The standard InChI is InChI=1S/C39H67N5O6/c1-13-27(6)35(43(10)39(48)33(25(2)3)41-38(47)34(26(4)5)42(8)9)31(49-11)24-32(45)44-23-17-20-30(44)36(50-12)28(7)37(46)40-22-21-29-18-15-14-16-19-29/h14-16,18-19,25-28,30-31,33-36H,13,17,20-24H2,1-12H3,(H,40,46)(H,41,47)/t27-,28+,30-,31+,33-,34?,35?,36+/m0/s1. The fraction of sp³-hybridized carbons (Fsp3) is 0.744. The zero-order valence-corrected chi connectivity index (χ0v) is 32.9. The average molecular weight is 702 g/mol. The molecule has 284 valence electrons. The van der Waals surface area contributed by atoms with Crippen LogP contribution in [0.25, 0.3) is 0 Å². The van der Waals surface area contributed by atoms with Crippen molar-refractivity contribution < 1.29 is 28.7 Å². The second-order valence-corrected chi connectivity index (χ2v) is 15.0. The topological polar surface area (TPSA) is 121 Å². The van der Waals surface area contributed by atoms with Gasteiger partial charge in [-0.1, -0.05) is 85.2 Å². The molecule has 11 heteroatoms. The van der Waals surface area contributed by atoms with Crippen molar-refractivity contribution in [2.24, 2.45) is 23.7 Å². The molecule has 11 nitrogen and oxygen atoms in total. The van der Waals surface area contributed by atoms with Gasteiger partial charge in [0.1, 0.15) is 6.04 Å². The molecule has 4 amide bonds. The highest BCUT2D eigenvalue weighted by Crippen LogP contribution is 2.29. The molecule has 0 aromatic heterocycles. The molecule has 2 N–H and O–H groups in total. The Balaban J connectivity index is 2.21. The van der Waals surface area contributed by atoms with Crippen LogP contribution in [0.3, 0.4) is 0 Å². The first-order valence-corrected chi connectivity index (χ1v) is 18.5. The number of likely N-dealkylation sites (N-methyl/N-ethyl adjacent to an activating group) is 2. The van der Waals surface area contributed by atoms with E-state index in [1.54, 1.807) is 26.2 Å². The Kier molecular flexibility index (Phi) is 17.9. The van der Waals surface area contributed by atoms with E-state index in [-0.39, 0.29) is 59.9 Å². The second-order valence-electron chi connectivity index (χ2n) is 15.0. The molecule has 1 heterocycles. The van der Waals surface area contributed by atoms with E-state index in [1.807, 2.05) is 88.8 Å². The summed E-state index contributed by atoms with van der Waals surface area (Å²) >= 11 is 0. The van der Waals surface area contributed by atoms with Gasteiger partial charge in [0.2, 0.25) is 23.6 Å². The molecule has 0 aliphatic carbocycles. The zero-order chi connectivity index (χ0) is 37.7. The summed E-state index contributed by atoms with van der Waals surface area (Å²) in [6.07, 6.45) is 2.06. The van der Waals surface area contributed by atoms with Crippen molar-refractivity contribution >= 4 is 23.6 Å². The summed E-state index contributed by atoms with van der Waals surface area (Å²) in [5, 5.41) is 6.09. The fourth-order valence-corrected chi connectivity index (χ4v) is 7.55. The molecule has 1 aliphatic heterocycles. The van der Waals surface area contributed by atoms with Gasteiger partial charge < -0.3 is 29.9 Å². The lowest BCUT2D eigenvalue weighted by Crippen LogP contribution is -2.59. The van der Waals surface area contributed by atoms with E-state index in [0.29, 0.717) is 13.1 Å². The molecule has 0 radical (unpaired) electrons. The molecule has 2 rings (SSSR count). The Labute approximate surface area is 302 Å². The lowest BCUT2D eigenvalue weighted by molar-refractivity contribution is -0.148. The molecule has 2 unspecified atom stereocenters. The van der Waals surface area contributed by atoms with E-state index in [0.717, 1.165) is 31.2 Å². The fourth-order valence-electron chi connectivity index (χ4n) is 7.55. The van der Waals surface area contributed by atoms with Gasteiger partial charge in [-0.05, 0) is 56.7 Å². The summed E-state index contributed by atoms with van der Waals surface area (Å²) in [7, 11) is 8.66. The molecule has 8 atom stereocenters. The van der Waals surface area contributed by atoms with Crippen molar-refractivity contribution in [3.05, 3.63) is 35.9 Å². The van der Waals surface area contributed by atoms with Gasteiger partial charge in [-0.2, -0.15) is 0 Å². The predicted molar refractivity (Wildman–Crippen MR) is 198 cm³/mol. The maximum Gasteiger partial charge on any atom is 0.245 e. The Bertz CT molecular complexity index is 1200. The summed E-state index contributed by atoms with van der Waals surface area (Å²) in [6, 6.07) is 8.23. The lowest BCUT2D eigenvalue weighted by atomic mass is 9.89. The molecule has 1 aromatic rings. The van der Waals surface area contributed by atoms with Crippen LogP contribution in [-0.2, 0) is 35.1 Å². The summed E-state index contributed by atoms with van der Waals surface area (Å²) in [5.74, 6) is -1.13. The number of rotatable bonds is 20. The number of ether oxygens (including phenoxy) is 2. The molecule has 0 spiro atoms. The average Bonchev–Trinajstić information content (AvgIpc) is 3.56. The van der Waals surface area contributed by atoms with Crippen LogP contribution in [0, 0.1) is 23.7 Å². The number of nitrogens with zero attached hydrogens (tertiary/aromatic N) is 3. The Morgan fingerprint density at radius 2 is 1.56 bits per heavy atom. The number of hydrogen-bond acceptors (Lipinski definition) is 7. The first-order valence-electron chi connectivity index (χ1n) is 18.5. The monoisotopic (exact) mass is 702 g/mol. The van der Waals surface area contributed by atoms with Crippen LogP contribution in [0.2, 0.25) is 0 Å². The van der Waals surface area contributed by atoms with E-state index >= 15 is 0 Å². The second kappa shape index (κ2) is 20.7. The van der Waals surface area contributed by atoms with Gasteiger partial charge in [0.05, 0.1) is 42.7 Å². The van der Waals surface area contributed by atoms with E-state index < -0.39 is 30.2 Å². The smallest absolute Gasteiger partial charge is 0.245 e. The zero-order valence-electron chi connectivity index (χ0n) is 32.9. The van der Waals surface area contributed by atoms with Crippen LogP contribution in [0.15, 0.2) is 30.3 Å². The minimum absolute atomic E-state index is 0.0103. The van der Waals surface area contributed by atoms with Crippen LogP contribution in [0.5, 0.6) is 0 Å². The number of amides is 4. The number of likely N-dealkylation sites (tertiary alicyclic amines) is 1. The minimum Gasteiger partial charge on any atom is -0.379 e. The SMILES string of the molecule is CC[C@H](C)C([C@@H](CC(=O)N1CCC[C@H]1[C@H](OC)[C@@H](C)C(=O)NCCc1ccccc1)OC)N(C)C(=O)[C@@H](NC(=O)C(C(C)C)N(C)C)C(C)C. The molecule has 0 saturated carbocycles. The van der Waals surface area contributed by atoms with Crippen molar-refractivity contribution in [1.82, 2.24) is 25.3 Å². The lowest BCUT2D eigenvalue weighted by Gasteiger charge is -2.41. The third kappa shape index (κ3) is 11.5. The van der Waals surface area contributed by atoms with Gasteiger partial charge in [-0.3, -0.25) is 24.1 Å². The van der Waals surface area contributed by atoms with E-state index in [1.165, 1.54) is 0 Å². The Hall–Kier alpha value is -3.02.